The van der Waals surface area contributed by atoms with Gasteiger partial charge in [0.05, 0.1) is 6.34 Å². The molecule has 0 atom stereocenters. The molecule has 0 aromatic carbocycles. The monoisotopic (exact) mass is 396 g/mol. The minimum absolute atomic E-state index is 0.215. The fourth-order valence-corrected chi connectivity index (χ4v) is 1.92. The van der Waals surface area contributed by atoms with E-state index in [1.54, 1.807) is 6.33 Å². The number of carbonyl (C=O) groups excluding carboxylic acids is 1. The summed E-state index contributed by atoms with van der Waals surface area (Å²) in [5.74, 6) is 1.28. The number of carbonyl (C=O) groups is 2. The lowest BCUT2D eigenvalue weighted by atomic mass is 9.97. The topological polar surface area (TPSA) is 130 Å². The van der Waals surface area contributed by atoms with E-state index in [-0.39, 0.29) is 5.92 Å². The van der Waals surface area contributed by atoms with Crippen molar-refractivity contribution in [3.63, 3.8) is 0 Å². The maximum atomic E-state index is 11.0. The molecule has 0 aliphatic carbocycles. The summed E-state index contributed by atoms with van der Waals surface area (Å²) in [5, 5.41) is 13.3. The Bertz CT molecular complexity index is 525. The van der Waals surface area contributed by atoms with E-state index in [4.69, 9.17) is 15.3 Å². The number of hydrogen-bond acceptors (Lipinski definition) is 5. The summed E-state index contributed by atoms with van der Waals surface area (Å²) in [6.45, 7) is 17.8. The molecule has 0 spiro atoms. The number of aliphatic carboxylic acids is 1. The summed E-state index contributed by atoms with van der Waals surface area (Å²) in [4.78, 5) is 28.3. The van der Waals surface area contributed by atoms with Crippen LogP contribution in [0.15, 0.2) is 12.5 Å². The number of ketones is 1. The number of aromatic nitrogens is 2. The van der Waals surface area contributed by atoms with Gasteiger partial charge in [-0.3, -0.25) is 15.0 Å². The Balaban J connectivity index is -0.000000344. The third kappa shape index (κ3) is 20.0. The molecule has 0 fully saturated rings. The molecule has 1 aromatic heterocycles. The number of carboxylic acids is 1. The predicted molar refractivity (Wildman–Crippen MR) is 116 cm³/mol. The van der Waals surface area contributed by atoms with Crippen LogP contribution < -0.4 is 5.73 Å². The highest BCUT2D eigenvalue weighted by atomic mass is 16.4. The molecule has 28 heavy (non-hydrogen) atoms. The van der Waals surface area contributed by atoms with E-state index in [1.807, 2.05) is 20.0 Å². The van der Waals surface area contributed by atoms with E-state index in [1.165, 1.54) is 11.3 Å². The first kappa shape index (κ1) is 30.4. The number of Topliss-reactive ketones (excluding diaryl/α,β-unsaturated/α-hetero) is 1. The second kappa shape index (κ2) is 18.1. The lowest BCUT2D eigenvalue weighted by Crippen LogP contribution is -2.09. The van der Waals surface area contributed by atoms with Crippen LogP contribution in [0.25, 0.3) is 0 Å². The van der Waals surface area contributed by atoms with Crippen LogP contribution in [-0.2, 0) is 9.59 Å². The highest BCUT2D eigenvalue weighted by Crippen LogP contribution is 2.22. The molecule has 0 saturated carbocycles. The quantitative estimate of drug-likeness (QED) is 0.491. The van der Waals surface area contributed by atoms with Gasteiger partial charge in [0.15, 0.2) is 0 Å². The van der Waals surface area contributed by atoms with Gasteiger partial charge in [0.1, 0.15) is 12.1 Å². The van der Waals surface area contributed by atoms with E-state index >= 15 is 0 Å². The summed E-state index contributed by atoms with van der Waals surface area (Å²) < 4.78 is 0. The van der Waals surface area contributed by atoms with Crippen LogP contribution >= 0.6 is 0 Å². The van der Waals surface area contributed by atoms with E-state index < -0.39 is 5.97 Å². The lowest BCUT2D eigenvalue weighted by Gasteiger charge is -2.12. The van der Waals surface area contributed by atoms with E-state index in [9.17, 15) is 4.79 Å². The molecule has 162 valence electrons. The first-order chi connectivity index (χ1) is 12.8. The zero-order valence-electron chi connectivity index (χ0n) is 19.0. The standard InChI is InChI=1S/C10H16N2.C8H16O.C2H4O2.CH4N2/c1-7(2)9-5-11-6-12-10(9)8(3)4;1-6(2)5-8(9)7(3)4;1-2(3)4;2-1-3/h5-8H,1-4H3;6-7H,5H2,1-4H3;1H3,(H,3,4);1H,(H3,2,3). The van der Waals surface area contributed by atoms with Gasteiger partial charge >= 0.3 is 0 Å². The summed E-state index contributed by atoms with van der Waals surface area (Å²) in [7, 11) is 0. The summed E-state index contributed by atoms with van der Waals surface area (Å²) >= 11 is 0. The maximum Gasteiger partial charge on any atom is 0.300 e. The first-order valence-corrected chi connectivity index (χ1v) is 9.54. The van der Waals surface area contributed by atoms with Crippen molar-refractivity contribution < 1.29 is 14.7 Å². The van der Waals surface area contributed by atoms with Crippen molar-refractivity contribution in [1.82, 2.24) is 9.97 Å². The number of nitrogens with zero attached hydrogens (tertiary/aromatic N) is 2. The van der Waals surface area contributed by atoms with E-state index in [0.29, 0.717) is 23.5 Å². The zero-order chi connectivity index (χ0) is 22.9. The number of rotatable bonds is 5. The van der Waals surface area contributed by atoms with Crippen molar-refractivity contribution in [3.8, 4) is 0 Å². The lowest BCUT2D eigenvalue weighted by molar-refractivity contribution is -0.134. The van der Waals surface area contributed by atoms with Crippen LogP contribution in [0, 0.1) is 17.2 Å². The Morgan fingerprint density at radius 2 is 1.54 bits per heavy atom. The highest BCUT2D eigenvalue weighted by Gasteiger charge is 2.10. The van der Waals surface area contributed by atoms with Crippen molar-refractivity contribution in [3.05, 3.63) is 23.8 Å². The Kier molecular flexibility index (Phi) is 19.6. The number of nitrogens with two attached hydrogens (primary N) is 1. The van der Waals surface area contributed by atoms with Gasteiger partial charge in [0, 0.05) is 31.2 Å². The fraction of sp³-hybridized carbons (Fsp3) is 0.667. The molecule has 1 heterocycles. The van der Waals surface area contributed by atoms with Crippen molar-refractivity contribution in [2.75, 3.05) is 0 Å². The molecule has 0 radical (unpaired) electrons. The van der Waals surface area contributed by atoms with Crippen LogP contribution in [0.1, 0.15) is 91.8 Å². The van der Waals surface area contributed by atoms with Crippen LogP contribution in [0.5, 0.6) is 0 Å². The van der Waals surface area contributed by atoms with Crippen LogP contribution in [0.4, 0.5) is 0 Å². The molecule has 7 heteroatoms. The molecule has 0 aliphatic heterocycles. The Morgan fingerprint density at radius 3 is 1.75 bits per heavy atom. The van der Waals surface area contributed by atoms with E-state index in [0.717, 1.165) is 19.7 Å². The normalized spacial score (nSPS) is 9.61. The molecular weight excluding hydrogens is 356 g/mol. The SMILES string of the molecule is CC(=O)O.CC(C)CC(=O)C(C)C.CC(C)c1cncnc1C(C)C.N=CN. The van der Waals surface area contributed by atoms with Gasteiger partial charge in [-0.2, -0.15) is 0 Å². The third-order valence-corrected chi connectivity index (χ3v) is 3.20. The largest absolute Gasteiger partial charge is 0.481 e. The van der Waals surface area contributed by atoms with E-state index in [2.05, 4.69) is 57.2 Å². The predicted octanol–water partition coefficient (Wildman–Crippen LogP) is 4.62. The average molecular weight is 397 g/mol. The van der Waals surface area contributed by atoms with Crippen molar-refractivity contribution in [2.45, 2.75) is 80.6 Å². The van der Waals surface area contributed by atoms with Crippen LogP contribution in [-0.4, -0.2) is 33.2 Å². The second-order valence-corrected chi connectivity index (χ2v) is 7.58. The molecule has 0 unspecified atom stereocenters. The van der Waals surface area contributed by atoms with Gasteiger partial charge in [-0.1, -0.05) is 55.4 Å². The molecule has 0 bridgehead atoms. The van der Waals surface area contributed by atoms with Gasteiger partial charge in [-0.15, -0.1) is 0 Å². The van der Waals surface area contributed by atoms with Crippen LogP contribution in [0.2, 0.25) is 0 Å². The smallest absolute Gasteiger partial charge is 0.300 e. The maximum absolute atomic E-state index is 11.0. The summed E-state index contributed by atoms with van der Waals surface area (Å²) in [6.07, 6.45) is 5.03. The Hall–Kier alpha value is -2.31. The van der Waals surface area contributed by atoms with Crippen LogP contribution in [0.3, 0.4) is 0 Å². The van der Waals surface area contributed by atoms with Crippen molar-refractivity contribution in [1.29, 1.82) is 5.41 Å². The molecule has 1 rings (SSSR count). The first-order valence-electron chi connectivity index (χ1n) is 9.54. The average Bonchev–Trinajstić information content (AvgIpc) is 2.54. The third-order valence-electron chi connectivity index (χ3n) is 3.20. The molecule has 0 saturated heterocycles. The molecule has 0 aliphatic rings. The number of nitrogens with one attached hydrogen (secondary N) is 1. The fourth-order valence-electron chi connectivity index (χ4n) is 1.92. The Morgan fingerprint density at radius 1 is 1.11 bits per heavy atom. The summed E-state index contributed by atoms with van der Waals surface area (Å²) in [5.41, 5.74) is 6.84. The minimum Gasteiger partial charge on any atom is -0.481 e. The van der Waals surface area contributed by atoms with Gasteiger partial charge < -0.3 is 10.8 Å². The van der Waals surface area contributed by atoms with Gasteiger partial charge in [-0.05, 0) is 23.3 Å². The number of carboxylic acid groups (broad SMARTS) is 1. The minimum atomic E-state index is -0.833. The van der Waals surface area contributed by atoms with Crippen molar-refractivity contribution in [2.24, 2.45) is 17.6 Å². The summed E-state index contributed by atoms with van der Waals surface area (Å²) in [6, 6.07) is 0. The Labute approximate surface area is 170 Å². The highest BCUT2D eigenvalue weighted by molar-refractivity contribution is 5.80. The molecule has 4 N–H and O–H groups in total. The molecule has 7 nitrogen and oxygen atoms in total. The van der Waals surface area contributed by atoms with Gasteiger partial charge in [0.25, 0.3) is 5.97 Å². The second-order valence-electron chi connectivity index (χ2n) is 7.58. The molecular formula is C21H40N4O3. The number of hydrogen-bond donors (Lipinski definition) is 3. The van der Waals surface area contributed by atoms with Crippen molar-refractivity contribution >= 4 is 18.1 Å². The zero-order valence-corrected chi connectivity index (χ0v) is 19.0. The molecule has 0 amide bonds. The van der Waals surface area contributed by atoms with Gasteiger partial charge in [-0.25, -0.2) is 9.97 Å². The molecule has 1 aromatic rings. The van der Waals surface area contributed by atoms with Gasteiger partial charge in [0.2, 0.25) is 0 Å².